The first-order valence-corrected chi connectivity index (χ1v) is 9.36. The van der Waals surface area contributed by atoms with Gasteiger partial charge in [-0.15, -0.1) is 0 Å². The Morgan fingerprint density at radius 1 is 1.42 bits per heavy atom. The van der Waals surface area contributed by atoms with Crippen molar-refractivity contribution in [3.8, 4) is 11.4 Å². The molecule has 9 heteroatoms. The Bertz CT molecular complexity index is 837. The second kappa shape index (κ2) is 6.72. The van der Waals surface area contributed by atoms with E-state index < -0.39 is 10.0 Å². The van der Waals surface area contributed by atoms with Crippen molar-refractivity contribution in [3.63, 3.8) is 0 Å². The maximum atomic E-state index is 12.9. The van der Waals surface area contributed by atoms with Gasteiger partial charge in [-0.1, -0.05) is 11.6 Å². The molecule has 1 saturated heterocycles. The van der Waals surface area contributed by atoms with Gasteiger partial charge in [-0.05, 0) is 25.1 Å². The number of nitrogens with one attached hydrogen (secondary N) is 1. The molecule has 0 amide bonds. The van der Waals surface area contributed by atoms with Crippen LogP contribution in [0.25, 0.3) is 5.69 Å². The van der Waals surface area contributed by atoms with Gasteiger partial charge >= 0.3 is 0 Å². The summed E-state index contributed by atoms with van der Waals surface area (Å²) >= 11 is 6.03. The summed E-state index contributed by atoms with van der Waals surface area (Å²) in [5.74, 6) is 0.557. The first-order chi connectivity index (χ1) is 11.4. The maximum absolute atomic E-state index is 12.9. The minimum Gasteiger partial charge on any atom is -0.494 e. The number of rotatable bonds is 4. The molecule has 0 saturated carbocycles. The molecule has 130 valence electrons. The number of ether oxygens (including phenoxy) is 1. The highest BCUT2D eigenvalue weighted by atomic mass is 35.5. The van der Waals surface area contributed by atoms with E-state index in [1.165, 1.54) is 28.5 Å². The highest BCUT2D eigenvalue weighted by molar-refractivity contribution is 7.89. The van der Waals surface area contributed by atoms with E-state index in [9.17, 15) is 8.42 Å². The zero-order chi connectivity index (χ0) is 17.3. The molecule has 2 heterocycles. The Balaban J connectivity index is 1.97. The summed E-state index contributed by atoms with van der Waals surface area (Å²) in [6, 6.07) is 4.99. The second-order valence-electron chi connectivity index (χ2n) is 5.61. The Labute approximate surface area is 146 Å². The molecule has 3 rings (SSSR count). The summed E-state index contributed by atoms with van der Waals surface area (Å²) in [5, 5.41) is 7.88. The zero-order valence-corrected chi connectivity index (χ0v) is 15.0. The van der Waals surface area contributed by atoms with E-state index in [2.05, 4.69) is 10.4 Å². The number of aromatic nitrogens is 2. The van der Waals surface area contributed by atoms with Crippen molar-refractivity contribution in [2.75, 3.05) is 26.7 Å². The highest BCUT2D eigenvalue weighted by Crippen LogP contribution is 2.27. The average molecular weight is 371 g/mol. The fourth-order valence-corrected chi connectivity index (χ4v) is 4.46. The van der Waals surface area contributed by atoms with E-state index in [1.54, 1.807) is 18.2 Å². The van der Waals surface area contributed by atoms with Crippen molar-refractivity contribution in [3.05, 3.63) is 35.6 Å². The molecule has 2 aromatic rings. The molecule has 0 spiro atoms. The molecular weight excluding hydrogens is 352 g/mol. The SMILES string of the molecule is COc1ccc(Cl)cc1-n1cc(S(=O)(=O)N2CCNCC2C)cn1. The van der Waals surface area contributed by atoms with Gasteiger partial charge in [-0.3, -0.25) is 0 Å². The van der Waals surface area contributed by atoms with E-state index in [1.807, 2.05) is 6.92 Å². The van der Waals surface area contributed by atoms with Crippen LogP contribution in [0.1, 0.15) is 6.92 Å². The van der Waals surface area contributed by atoms with Crippen molar-refractivity contribution >= 4 is 21.6 Å². The Morgan fingerprint density at radius 3 is 2.92 bits per heavy atom. The molecule has 1 atom stereocenters. The molecule has 7 nitrogen and oxygen atoms in total. The largest absolute Gasteiger partial charge is 0.494 e. The van der Waals surface area contributed by atoms with E-state index in [0.717, 1.165) is 0 Å². The molecule has 1 aliphatic heterocycles. The lowest BCUT2D eigenvalue weighted by molar-refractivity contribution is 0.284. The third kappa shape index (κ3) is 3.14. The minimum absolute atomic E-state index is 0.104. The molecule has 0 bridgehead atoms. The van der Waals surface area contributed by atoms with Crippen molar-refractivity contribution in [2.45, 2.75) is 17.9 Å². The van der Waals surface area contributed by atoms with Crippen LogP contribution in [-0.4, -0.2) is 55.3 Å². The minimum atomic E-state index is -3.59. The molecular formula is C15H19ClN4O3S. The predicted octanol–water partition coefficient (Wildman–Crippen LogP) is 1.52. The molecule has 1 N–H and O–H groups in total. The lowest BCUT2D eigenvalue weighted by Crippen LogP contribution is -2.52. The number of nitrogens with zero attached hydrogens (tertiary/aromatic N) is 3. The Morgan fingerprint density at radius 2 is 2.21 bits per heavy atom. The van der Waals surface area contributed by atoms with Crippen molar-refractivity contribution < 1.29 is 13.2 Å². The first-order valence-electron chi connectivity index (χ1n) is 7.54. The smallest absolute Gasteiger partial charge is 0.246 e. The summed E-state index contributed by atoms with van der Waals surface area (Å²) in [5.41, 5.74) is 0.583. The standard InChI is InChI=1S/C15H19ClN4O3S/c1-11-8-17-5-6-20(11)24(21,22)13-9-18-19(10-13)14-7-12(16)3-4-15(14)23-2/h3-4,7,9-11,17H,5-6,8H2,1-2H3. The second-order valence-corrected chi connectivity index (χ2v) is 7.93. The normalized spacial score (nSPS) is 19.4. The molecule has 1 aliphatic rings. The van der Waals surface area contributed by atoms with Gasteiger partial charge in [0.15, 0.2) is 0 Å². The van der Waals surface area contributed by atoms with Gasteiger partial charge < -0.3 is 10.1 Å². The van der Waals surface area contributed by atoms with E-state index in [0.29, 0.717) is 36.1 Å². The monoisotopic (exact) mass is 370 g/mol. The van der Waals surface area contributed by atoms with E-state index in [-0.39, 0.29) is 10.9 Å². The van der Waals surface area contributed by atoms with Crippen LogP contribution in [0.3, 0.4) is 0 Å². The van der Waals surface area contributed by atoms with Gasteiger partial charge in [0, 0.05) is 30.7 Å². The summed E-state index contributed by atoms with van der Waals surface area (Å²) in [7, 11) is -2.05. The molecule has 24 heavy (non-hydrogen) atoms. The van der Waals surface area contributed by atoms with Crippen LogP contribution in [-0.2, 0) is 10.0 Å². The summed E-state index contributed by atoms with van der Waals surface area (Å²) in [6.45, 7) is 3.60. The van der Waals surface area contributed by atoms with Gasteiger partial charge in [-0.25, -0.2) is 13.1 Å². The van der Waals surface area contributed by atoms with Gasteiger partial charge in [0.05, 0.1) is 19.5 Å². The summed E-state index contributed by atoms with van der Waals surface area (Å²) in [6.07, 6.45) is 2.84. The molecule has 0 radical (unpaired) electrons. The number of halogens is 1. The maximum Gasteiger partial charge on any atom is 0.246 e. The number of hydrogen-bond donors (Lipinski definition) is 1. The molecule has 1 fully saturated rings. The quantitative estimate of drug-likeness (QED) is 0.883. The van der Waals surface area contributed by atoms with Gasteiger partial charge in [0.2, 0.25) is 10.0 Å². The van der Waals surface area contributed by atoms with Crippen molar-refractivity contribution in [1.82, 2.24) is 19.4 Å². The van der Waals surface area contributed by atoms with Crippen LogP contribution in [0.4, 0.5) is 0 Å². The van der Waals surface area contributed by atoms with Crippen LogP contribution in [0, 0.1) is 0 Å². The van der Waals surface area contributed by atoms with E-state index >= 15 is 0 Å². The summed E-state index contributed by atoms with van der Waals surface area (Å²) in [4.78, 5) is 0.151. The topological polar surface area (TPSA) is 76.5 Å². The van der Waals surface area contributed by atoms with Crippen LogP contribution >= 0.6 is 11.6 Å². The fraction of sp³-hybridized carbons (Fsp3) is 0.400. The summed E-state index contributed by atoms with van der Waals surface area (Å²) < 4.78 is 34.0. The average Bonchev–Trinajstić information content (AvgIpc) is 3.05. The van der Waals surface area contributed by atoms with Crippen LogP contribution in [0.2, 0.25) is 5.02 Å². The van der Waals surface area contributed by atoms with E-state index in [4.69, 9.17) is 16.3 Å². The first kappa shape index (κ1) is 17.2. The van der Waals surface area contributed by atoms with Gasteiger partial charge in [0.1, 0.15) is 16.3 Å². The molecule has 1 aromatic heterocycles. The van der Waals surface area contributed by atoms with Crippen molar-refractivity contribution in [1.29, 1.82) is 0 Å². The number of hydrogen-bond acceptors (Lipinski definition) is 5. The number of benzene rings is 1. The fourth-order valence-electron chi connectivity index (χ4n) is 2.73. The molecule has 0 aliphatic carbocycles. The Kier molecular flexibility index (Phi) is 4.82. The number of sulfonamides is 1. The van der Waals surface area contributed by atoms with Crippen LogP contribution in [0.5, 0.6) is 5.75 Å². The number of methoxy groups -OCH3 is 1. The lowest BCUT2D eigenvalue weighted by atomic mass is 10.3. The zero-order valence-electron chi connectivity index (χ0n) is 13.4. The Hall–Kier alpha value is -1.61. The van der Waals surface area contributed by atoms with Crippen LogP contribution in [0.15, 0.2) is 35.5 Å². The lowest BCUT2D eigenvalue weighted by Gasteiger charge is -2.32. The number of piperazine rings is 1. The third-order valence-corrected chi connectivity index (χ3v) is 6.20. The van der Waals surface area contributed by atoms with Crippen LogP contribution < -0.4 is 10.1 Å². The highest BCUT2D eigenvalue weighted by Gasteiger charge is 2.32. The van der Waals surface area contributed by atoms with Gasteiger partial charge in [0.25, 0.3) is 0 Å². The molecule has 1 unspecified atom stereocenters. The van der Waals surface area contributed by atoms with Crippen molar-refractivity contribution in [2.24, 2.45) is 0 Å². The third-order valence-electron chi connectivity index (χ3n) is 3.99. The van der Waals surface area contributed by atoms with Gasteiger partial charge in [-0.2, -0.15) is 9.40 Å². The molecule has 1 aromatic carbocycles. The predicted molar refractivity (Wildman–Crippen MR) is 91.3 cm³/mol.